The number of sulfonamides is 1. The third-order valence-corrected chi connectivity index (χ3v) is 6.12. The summed E-state index contributed by atoms with van der Waals surface area (Å²) >= 11 is 0. The molecule has 0 bridgehead atoms. The molecule has 9 heteroatoms. The Morgan fingerprint density at radius 1 is 1.32 bits per heavy atom. The van der Waals surface area contributed by atoms with Crippen LogP contribution in [0.1, 0.15) is 50.4 Å². The van der Waals surface area contributed by atoms with Crippen molar-refractivity contribution in [3.8, 4) is 0 Å². The van der Waals surface area contributed by atoms with Crippen LogP contribution < -0.4 is 15.8 Å². The van der Waals surface area contributed by atoms with E-state index >= 15 is 0 Å². The zero-order chi connectivity index (χ0) is 20.1. The first-order valence-electron chi connectivity index (χ1n) is 9.39. The molecule has 1 saturated heterocycles. The van der Waals surface area contributed by atoms with E-state index in [1.54, 1.807) is 0 Å². The first kappa shape index (κ1) is 24.8. The van der Waals surface area contributed by atoms with E-state index in [1.807, 2.05) is 6.92 Å². The average molecular weight is 434 g/mol. The van der Waals surface area contributed by atoms with E-state index in [0.717, 1.165) is 19.3 Å². The maximum Gasteiger partial charge on any atom is 0.251 e. The van der Waals surface area contributed by atoms with Crippen molar-refractivity contribution < 1.29 is 17.9 Å². The molecule has 0 aromatic heterocycles. The number of halogens is 1. The highest BCUT2D eigenvalue weighted by atomic mass is 35.5. The molecular formula is C19H32ClN3O4S. The number of hydrogen-bond donors (Lipinski definition) is 3. The molecule has 1 aromatic rings. The second-order valence-corrected chi connectivity index (χ2v) is 9.60. The van der Waals surface area contributed by atoms with Crippen molar-refractivity contribution in [2.45, 2.75) is 56.6 Å². The number of ether oxygens (including phenoxy) is 1. The fourth-order valence-corrected chi connectivity index (χ4v) is 4.38. The molecule has 2 atom stereocenters. The number of benzene rings is 1. The Hall–Kier alpha value is -1.19. The van der Waals surface area contributed by atoms with E-state index in [-0.39, 0.29) is 35.9 Å². The van der Waals surface area contributed by atoms with Crippen LogP contribution in [0.25, 0.3) is 0 Å². The van der Waals surface area contributed by atoms with Gasteiger partial charge in [0.1, 0.15) is 0 Å². The van der Waals surface area contributed by atoms with E-state index in [0.29, 0.717) is 24.6 Å². The number of nitrogens with two attached hydrogens (primary N) is 1. The maximum atomic E-state index is 12.5. The van der Waals surface area contributed by atoms with Gasteiger partial charge >= 0.3 is 0 Å². The number of rotatable bonds is 9. The molecule has 0 saturated carbocycles. The molecule has 0 radical (unpaired) electrons. The molecule has 1 heterocycles. The fraction of sp³-hybridized carbons (Fsp3) is 0.632. The molecule has 160 valence electrons. The minimum Gasteiger partial charge on any atom is -0.377 e. The Morgan fingerprint density at radius 2 is 1.96 bits per heavy atom. The summed E-state index contributed by atoms with van der Waals surface area (Å²) in [5.41, 5.74) is 5.73. The average Bonchev–Trinajstić information content (AvgIpc) is 3.13. The predicted octanol–water partition coefficient (Wildman–Crippen LogP) is 2.06. The summed E-state index contributed by atoms with van der Waals surface area (Å²) in [7, 11) is -3.63. The van der Waals surface area contributed by atoms with E-state index in [9.17, 15) is 13.2 Å². The highest BCUT2D eigenvalue weighted by Crippen LogP contribution is 2.17. The lowest BCUT2D eigenvalue weighted by atomic mass is 9.90. The number of nitrogens with one attached hydrogen (secondary N) is 2. The van der Waals surface area contributed by atoms with Gasteiger partial charge in [-0.15, -0.1) is 12.4 Å². The fourth-order valence-electron chi connectivity index (χ4n) is 3.31. The topological polar surface area (TPSA) is 111 Å². The van der Waals surface area contributed by atoms with Gasteiger partial charge in [-0.3, -0.25) is 4.79 Å². The highest BCUT2D eigenvalue weighted by molar-refractivity contribution is 7.89. The number of hydrogen-bond acceptors (Lipinski definition) is 5. The van der Waals surface area contributed by atoms with Gasteiger partial charge in [0.2, 0.25) is 10.0 Å². The van der Waals surface area contributed by atoms with Crippen molar-refractivity contribution in [2.75, 3.05) is 19.7 Å². The monoisotopic (exact) mass is 433 g/mol. The molecule has 0 aliphatic carbocycles. The van der Waals surface area contributed by atoms with Crippen molar-refractivity contribution in [3.63, 3.8) is 0 Å². The molecule has 0 spiro atoms. The van der Waals surface area contributed by atoms with Crippen LogP contribution in [0.15, 0.2) is 29.2 Å². The van der Waals surface area contributed by atoms with Crippen LogP contribution in [0.5, 0.6) is 0 Å². The van der Waals surface area contributed by atoms with Gasteiger partial charge in [0.25, 0.3) is 5.91 Å². The standard InChI is InChI=1S/C19H31N3O4S.ClH/c1-14(2)11-19(3,13-20)22-18(23)15-6-8-17(9-7-15)27(24,25)21-12-16-5-4-10-26-16;/h6-9,14,16,21H,4-5,10-13,20H2,1-3H3,(H,22,23);1H. The van der Waals surface area contributed by atoms with E-state index in [1.165, 1.54) is 24.3 Å². The lowest BCUT2D eigenvalue weighted by Crippen LogP contribution is -2.52. The highest BCUT2D eigenvalue weighted by Gasteiger charge is 2.26. The van der Waals surface area contributed by atoms with Crippen LogP contribution in [-0.4, -0.2) is 45.7 Å². The van der Waals surface area contributed by atoms with Crippen LogP contribution in [0, 0.1) is 5.92 Å². The van der Waals surface area contributed by atoms with Gasteiger partial charge in [-0.2, -0.15) is 0 Å². The summed E-state index contributed by atoms with van der Waals surface area (Å²) < 4.78 is 32.8. The van der Waals surface area contributed by atoms with Gasteiger partial charge in [0.15, 0.2) is 0 Å². The van der Waals surface area contributed by atoms with Crippen LogP contribution in [0.2, 0.25) is 0 Å². The minimum atomic E-state index is -3.63. The SMILES string of the molecule is CC(C)CC(C)(CN)NC(=O)c1ccc(S(=O)(=O)NCC2CCCO2)cc1.Cl. The summed E-state index contributed by atoms with van der Waals surface area (Å²) in [5.74, 6) is 0.126. The first-order valence-corrected chi connectivity index (χ1v) is 10.9. The van der Waals surface area contributed by atoms with Gasteiger partial charge in [-0.25, -0.2) is 13.1 Å². The molecule has 1 aromatic carbocycles. The molecule has 28 heavy (non-hydrogen) atoms. The summed E-state index contributed by atoms with van der Waals surface area (Å²) in [6.45, 7) is 7.32. The third kappa shape index (κ3) is 7.00. The largest absolute Gasteiger partial charge is 0.377 e. The second kappa shape index (κ2) is 10.5. The van der Waals surface area contributed by atoms with Crippen molar-refractivity contribution in [1.29, 1.82) is 0 Å². The van der Waals surface area contributed by atoms with E-state index < -0.39 is 15.6 Å². The van der Waals surface area contributed by atoms with E-state index in [4.69, 9.17) is 10.5 Å². The number of amides is 1. The zero-order valence-corrected chi connectivity index (χ0v) is 18.4. The Morgan fingerprint density at radius 3 is 2.46 bits per heavy atom. The van der Waals surface area contributed by atoms with Gasteiger partial charge in [0, 0.05) is 30.8 Å². The summed E-state index contributed by atoms with van der Waals surface area (Å²) in [6, 6.07) is 5.91. The maximum absolute atomic E-state index is 12.5. The van der Waals surface area contributed by atoms with Crippen molar-refractivity contribution in [3.05, 3.63) is 29.8 Å². The quantitative estimate of drug-likeness (QED) is 0.552. The summed E-state index contributed by atoms with van der Waals surface area (Å²) in [4.78, 5) is 12.6. The third-order valence-electron chi connectivity index (χ3n) is 4.68. The smallest absolute Gasteiger partial charge is 0.251 e. The first-order chi connectivity index (χ1) is 12.6. The van der Waals surface area contributed by atoms with Crippen molar-refractivity contribution in [1.82, 2.24) is 10.0 Å². The van der Waals surface area contributed by atoms with Gasteiger partial charge in [-0.05, 0) is 56.4 Å². The summed E-state index contributed by atoms with van der Waals surface area (Å²) in [6.07, 6.45) is 2.50. The number of carbonyl (C=O) groups excluding carboxylic acids is 1. The minimum absolute atomic E-state index is 0. The van der Waals surface area contributed by atoms with Crippen LogP contribution >= 0.6 is 12.4 Å². The van der Waals surface area contributed by atoms with Crippen molar-refractivity contribution in [2.24, 2.45) is 11.7 Å². The van der Waals surface area contributed by atoms with Crippen LogP contribution in [0.4, 0.5) is 0 Å². The van der Waals surface area contributed by atoms with Gasteiger partial charge in [-0.1, -0.05) is 13.8 Å². The Kier molecular flexibility index (Phi) is 9.36. The second-order valence-electron chi connectivity index (χ2n) is 7.83. The van der Waals surface area contributed by atoms with Crippen LogP contribution in [0.3, 0.4) is 0 Å². The van der Waals surface area contributed by atoms with Gasteiger partial charge in [0.05, 0.1) is 11.0 Å². The van der Waals surface area contributed by atoms with Crippen molar-refractivity contribution >= 4 is 28.3 Å². The molecule has 2 unspecified atom stereocenters. The van der Waals surface area contributed by atoms with Crippen LogP contribution in [-0.2, 0) is 14.8 Å². The van der Waals surface area contributed by atoms with Gasteiger partial charge < -0.3 is 15.8 Å². The summed E-state index contributed by atoms with van der Waals surface area (Å²) in [5, 5.41) is 2.97. The molecule has 1 aliphatic rings. The molecule has 1 amide bonds. The lowest BCUT2D eigenvalue weighted by molar-refractivity contribution is 0.0898. The molecule has 1 fully saturated rings. The Balaban J connectivity index is 0.00000392. The molecule has 4 N–H and O–H groups in total. The normalized spacial score (nSPS) is 19.1. The predicted molar refractivity (Wildman–Crippen MR) is 112 cm³/mol. The Bertz CT molecular complexity index is 734. The Labute approximate surface area is 174 Å². The number of carbonyl (C=O) groups is 1. The lowest BCUT2D eigenvalue weighted by Gasteiger charge is -2.31. The molecule has 1 aliphatic heterocycles. The molecule has 2 rings (SSSR count). The molecular weight excluding hydrogens is 402 g/mol. The zero-order valence-electron chi connectivity index (χ0n) is 16.7. The molecule has 7 nitrogen and oxygen atoms in total. The van der Waals surface area contributed by atoms with E-state index in [2.05, 4.69) is 23.9 Å².